The van der Waals surface area contributed by atoms with Crippen LogP contribution in [0.15, 0.2) is 16.6 Å². The van der Waals surface area contributed by atoms with E-state index < -0.39 is 5.91 Å². The Morgan fingerprint density at radius 1 is 1.26 bits per heavy atom. The lowest BCUT2D eigenvalue weighted by Crippen LogP contribution is -2.82. The average Bonchev–Trinajstić information content (AvgIpc) is 2.50. The van der Waals surface area contributed by atoms with Crippen LogP contribution in [0.5, 0.6) is 11.5 Å². The number of halogens is 1. The summed E-state index contributed by atoms with van der Waals surface area (Å²) in [6.07, 6.45) is 1.02. The van der Waals surface area contributed by atoms with Gasteiger partial charge in [-0.15, -0.1) is 0 Å². The van der Waals surface area contributed by atoms with Gasteiger partial charge in [0.15, 0.2) is 18.1 Å². The molecule has 0 saturated carbocycles. The van der Waals surface area contributed by atoms with Crippen molar-refractivity contribution >= 4 is 21.8 Å². The summed E-state index contributed by atoms with van der Waals surface area (Å²) in [4.78, 5) is 10.9. The first-order valence-electron chi connectivity index (χ1n) is 7.84. The molecule has 0 saturated heterocycles. The van der Waals surface area contributed by atoms with E-state index in [-0.39, 0.29) is 6.61 Å². The SMILES string of the molecule is CCOCCC[NH2+]Cc1cc(Br)c(OCC(N)=O)c(OCC)c1. The van der Waals surface area contributed by atoms with Gasteiger partial charge in [0, 0.05) is 18.6 Å². The fourth-order valence-corrected chi connectivity index (χ4v) is 2.63. The van der Waals surface area contributed by atoms with Crippen LogP contribution >= 0.6 is 15.9 Å². The molecule has 7 heteroatoms. The first kappa shape index (κ1) is 19.7. The van der Waals surface area contributed by atoms with Crippen molar-refractivity contribution in [1.82, 2.24) is 0 Å². The van der Waals surface area contributed by atoms with Crippen LogP contribution in [-0.2, 0) is 16.1 Å². The van der Waals surface area contributed by atoms with E-state index in [1.54, 1.807) is 0 Å². The Bertz CT molecular complexity index is 497. The molecule has 0 aliphatic heterocycles. The van der Waals surface area contributed by atoms with Crippen molar-refractivity contribution in [3.63, 3.8) is 0 Å². The molecule has 1 amide bonds. The molecule has 1 aromatic carbocycles. The van der Waals surface area contributed by atoms with Crippen molar-refractivity contribution in [2.75, 3.05) is 33.0 Å². The molecule has 0 heterocycles. The van der Waals surface area contributed by atoms with Gasteiger partial charge >= 0.3 is 0 Å². The van der Waals surface area contributed by atoms with Gasteiger partial charge in [-0.25, -0.2) is 0 Å². The van der Waals surface area contributed by atoms with Gasteiger partial charge in [-0.05, 0) is 41.9 Å². The van der Waals surface area contributed by atoms with E-state index in [1.807, 2.05) is 26.0 Å². The zero-order valence-corrected chi connectivity index (χ0v) is 15.4. The molecule has 0 aromatic heterocycles. The zero-order valence-electron chi connectivity index (χ0n) is 13.8. The Hall–Kier alpha value is -1.31. The third-order valence-electron chi connectivity index (χ3n) is 3.01. The van der Waals surface area contributed by atoms with Crippen LogP contribution in [0.25, 0.3) is 0 Å². The molecule has 0 atom stereocenters. The third kappa shape index (κ3) is 7.67. The molecule has 0 aliphatic rings. The quantitative estimate of drug-likeness (QED) is 0.525. The molecule has 4 N–H and O–H groups in total. The summed E-state index contributed by atoms with van der Waals surface area (Å²) in [6.45, 7) is 7.62. The minimum atomic E-state index is -0.522. The van der Waals surface area contributed by atoms with Crippen molar-refractivity contribution in [3.05, 3.63) is 22.2 Å². The Morgan fingerprint density at radius 3 is 2.70 bits per heavy atom. The number of hydrogen-bond donors (Lipinski definition) is 2. The van der Waals surface area contributed by atoms with Crippen molar-refractivity contribution < 1.29 is 24.3 Å². The lowest BCUT2D eigenvalue weighted by Gasteiger charge is -2.14. The van der Waals surface area contributed by atoms with E-state index in [9.17, 15) is 4.79 Å². The van der Waals surface area contributed by atoms with E-state index >= 15 is 0 Å². The topological polar surface area (TPSA) is 87.4 Å². The van der Waals surface area contributed by atoms with Crippen molar-refractivity contribution in [1.29, 1.82) is 0 Å². The molecule has 6 nitrogen and oxygen atoms in total. The molecule has 0 spiro atoms. The molecule has 0 aliphatic carbocycles. The highest BCUT2D eigenvalue weighted by Gasteiger charge is 2.14. The molecule has 0 unspecified atom stereocenters. The van der Waals surface area contributed by atoms with Gasteiger partial charge in [0.2, 0.25) is 0 Å². The average molecular weight is 390 g/mol. The number of hydrogen-bond acceptors (Lipinski definition) is 4. The number of carbonyl (C=O) groups is 1. The molecule has 1 rings (SSSR count). The minimum Gasteiger partial charge on any atom is -0.490 e. The van der Waals surface area contributed by atoms with E-state index in [0.717, 1.165) is 42.8 Å². The summed E-state index contributed by atoms with van der Waals surface area (Å²) in [7, 11) is 0. The smallest absolute Gasteiger partial charge is 0.255 e. The summed E-state index contributed by atoms with van der Waals surface area (Å²) in [6, 6.07) is 3.90. The van der Waals surface area contributed by atoms with Crippen LogP contribution in [0.4, 0.5) is 0 Å². The second-order valence-electron chi connectivity index (χ2n) is 4.92. The molecule has 130 valence electrons. The van der Waals surface area contributed by atoms with Crippen LogP contribution in [-0.4, -0.2) is 38.9 Å². The second kappa shape index (κ2) is 11.3. The van der Waals surface area contributed by atoms with Crippen LogP contribution in [0, 0.1) is 0 Å². The van der Waals surface area contributed by atoms with Crippen LogP contribution < -0.4 is 20.5 Å². The number of benzene rings is 1. The molecule has 0 radical (unpaired) electrons. The van der Waals surface area contributed by atoms with Crippen LogP contribution in [0.3, 0.4) is 0 Å². The van der Waals surface area contributed by atoms with Crippen molar-refractivity contribution in [3.8, 4) is 11.5 Å². The standard InChI is InChI=1S/C16H25BrN2O4/c1-3-21-7-5-6-19-10-12-8-13(17)16(23-11-15(18)20)14(9-12)22-4-2/h8-9,19H,3-7,10-11H2,1-2H3,(H2,18,20)/p+1. The van der Waals surface area contributed by atoms with E-state index in [2.05, 4.69) is 21.2 Å². The Kier molecular flexibility index (Phi) is 9.66. The Morgan fingerprint density at radius 2 is 2.04 bits per heavy atom. The second-order valence-corrected chi connectivity index (χ2v) is 5.78. The molecule has 23 heavy (non-hydrogen) atoms. The van der Waals surface area contributed by atoms with Gasteiger partial charge in [0.25, 0.3) is 5.91 Å². The maximum atomic E-state index is 10.9. The van der Waals surface area contributed by atoms with Gasteiger partial charge < -0.3 is 25.3 Å². The van der Waals surface area contributed by atoms with Crippen LogP contribution in [0.2, 0.25) is 0 Å². The highest BCUT2D eigenvalue weighted by atomic mass is 79.9. The molecular weight excluding hydrogens is 364 g/mol. The fourth-order valence-electron chi connectivity index (χ4n) is 2.03. The third-order valence-corrected chi connectivity index (χ3v) is 3.60. The summed E-state index contributed by atoms with van der Waals surface area (Å²) in [5.41, 5.74) is 6.24. The number of ether oxygens (including phenoxy) is 3. The number of amides is 1. The normalized spacial score (nSPS) is 10.6. The number of primary amides is 1. The van der Waals surface area contributed by atoms with Gasteiger partial charge in [0.1, 0.15) is 6.54 Å². The van der Waals surface area contributed by atoms with Crippen molar-refractivity contribution in [2.45, 2.75) is 26.8 Å². The van der Waals surface area contributed by atoms with E-state index in [0.29, 0.717) is 18.1 Å². The highest BCUT2D eigenvalue weighted by molar-refractivity contribution is 9.10. The van der Waals surface area contributed by atoms with Gasteiger partial charge in [0.05, 0.1) is 24.2 Å². The maximum absolute atomic E-state index is 10.9. The minimum absolute atomic E-state index is 0.179. The molecule has 0 fully saturated rings. The van der Waals surface area contributed by atoms with Crippen molar-refractivity contribution in [2.24, 2.45) is 5.73 Å². The predicted octanol–water partition coefficient (Wildman–Crippen LogP) is 1.20. The summed E-state index contributed by atoms with van der Waals surface area (Å²) < 4.78 is 17.1. The lowest BCUT2D eigenvalue weighted by molar-refractivity contribution is -0.671. The highest BCUT2D eigenvalue weighted by Crippen LogP contribution is 2.36. The fraction of sp³-hybridized carbons (Fsp3) is 0.562. The van der Waals surface area contributed by atoms with Gasteiger partial charge in [-0.3, -0.25) is 4.79 Å². The number of carbonyl (C=O) groups excluding carboxylic acids is 1. The first-order chi connectivity index (χ1) is 11.1. The lowest BCUT2D eigenvalue weighted by atomic mass is 10.2. The molecular formula is C16H26BrN2O4+. The molecule has 1 aromatic rings. The Balaban J connectivity index is 2.65. The predicted molar refractivity (Wildman–Crippen MR) is 91.6 cm³/mol. The van der Waals surface area contributed by atoms with E-state index in [4.69, 9.17) is 19.9 Å². The largest absolute Gasteiger partial charge is 0.490 e. The summed E-state index contributed by atoms with van der Waals surface area (Å²) in [5.74, 6) is 0.595. The number of rotatable bonds is 12. The summed E-state index contributed by atoms with van der Waals surface area (Å²) in [5, 5.41) is 2.22. The molecule has 0 bridgehead atoms. The first-order valence-corrected chi connectivity index (χ1v) is 8.63. The maximum Gasteiger partial charge on any atom is 0.255 e. The Labute approximate surface area is 145 Å². The van der Waals surface area contributed by atoms with Gasteiger partial charge in [-0.1, -0.05) is 0 Å². The monoisotopic (exact) mass is 389 g/mol. The number of nitrogens with two attached hydrogens (primary N) is 2. The van der Waals surface area contributed by atoms with E-state index in [1.165, 1.54) is 0 Å². The summed E-state index contributed by atoms with van der Waals surface area (Å²) >= 11 is 3.47. The zero-order chi connectivity index (χ0) is 17.1. The number of quaternary nitrogens is 1. The van der Waals surface area contributed by atoms with Gasteiger partial charge in [-0.2, -0.15) is 0 Å². The van der Waals surface area contributed by atoms with Crippen LogP contribution in [0.1, 0.15) is 25.8 Å².